The topological polar surface area (TPSA) is 24.9 Å². The largest absolute Gasteiger partial charge is 0.391 e. The minimum absolute atomic E-state index is 0.125. The standard InChI is InChI=1S/C13H17F3N2/c1-9-4-2-7-12(17-9)18-11-6-3-5-10(8-11)13(14,15)16/h2,4,7,10-11H,3,5-6,8H2,1H3,(H,17,18). The third kappa shape index (κ3) is 3.37. The van der Waals surface area contributed by atoms with Gasteiger partial charge >= 0.3 is 6.18 Å². The van der Waals surface area contributed by atoms with Crippen molar-refractivity contribution in [1.82, 2.24) is 4.98 Å². The maximum absolute atomic E-state index is 12.7. The minimum Gasteiger partial charge on any atom is -0.367 e. The average Bonchev–Trinajstić information content (AvgIpc) is 2.28. The van der Waals surface area contributed by atoms with Gasteiger partial charge in [0.1, 0.15) is 5.82 Å². The zero-order valence-corrected chi connectivity index (χ0v) is 10.3. The number of rotatable bonds is 2. The van der Waals surface area contributed by atoms with Crippen molar-refractivity contribution in [2.45, 2.75) is 44.8 Å². The molecule has 100 valence electrons. The van der Waals surface area contributed by atoms with Crippen molar-refractivity contribution in [3.05, 3.63) is 23.9 Å². The Morgan fingerprint density at radius 2 is 2.06 bits per heavy atom. The number of aryl methyl sites for hydroxylation is 1. The molecule has 1 heterocycles. The number of nitrogens with one attached hydrogen (secondary N) is 1. The highest BCUT2D eigenvalue weighted by Gasteiger charge is 2.42. The molecular weight excluding hydrogens is 241 g/mol. The fourth-order valence-corrected chi connectivity index (χ4v) is 2.45. The van der Waals surface area contributed by atoms with E-state index in [4.69, 9.17) is 0 Å². The Balaban J connectivity index is 1.98. The van der Waals surface area contributed by atoms with Gasteiger partial charge in [-0.3, -0.25) is 0 Å². The molecule has 1 aromatic rings. The van der Waals surface area contributed by atoms with Crippen molar-refractivity contribution in [1.29, 1.82) is 0 Å². The molecule has 0 spiro atoms. The second-order valence-electron chi connectivity index (χ2n) is 4.91. The van der Waals surface area contributed by atoms with E-state index in [1.165, 1.54) is 0 Å². The van der Waals surface area contributed by atoms with Crippen LogP contribution < -0.4 is 5.32 Å². The van der Waals surface area contributed by atoms with E-state index < -0.39 is 12.1 Å². The predicted molar refractivity (Wildman–Crippen MR) is 64.4 cm³/mol. The number of anilines is 1. The Labute approximate surface area is 105 Å². The summed E-state index contributed by atoms with van der Waals surface area (Å²) in [6.07, 6.45) is -2.27. The van der Waals surface area contributed by atoms with E-state index in [0.717, 1.165) is 12.1 Å². The van der Waals surface area contributed by atoms with Crippen molar-refractivity contribution < 1.29 is 13.2 Å². The first-order chi connectivity index (χ1) is 8.45. The van der Waals surface area contributed by atoms with Crippen molar-refractivity contribution in [3.8, 4) is 0 Å². The molecule has 0 aromatic carbocycles. The highest BCUT2D eigenvalue weighted by atomic mass is 19.4. The number of halogens is 3. The number of alkyl halides is 3. The molecule has 2 atom stereocenters. The lowest BCUT2D eigenvalue weighted by atomic mass is 9.85. The van der Waals surface area contributed by atoms with Crippen LogP contribution in [0.3, 0.4) is 0 Å². The van der Waals surface area contributed by atoms with Crippen LogP contribution in [-0.4, -0.2) is 17.2 Å². The van der Waals surface area contributed by atoms with E-state index in [1.54, 1.807) is 6.07 Å². The van der Waals surface area contributed by atoms with Crippen LogP contribution in [0.2, 0.25) is 0 Å². The van der Waals surface area contributed by atoms with Crippen molar-refractivity contribution in [3.63, 3.8) is 0 Å². The summed E-state index contributed by atoms with van der Waals surface area (Å²) in [6.45, 7) is 1.87. The fourth-order valence-electron chi connectivity index (χ4n) is 2.45. The molecule has 1 aliphatic rings. The van der Waals surface area contributed by atoms with Crippen LogP contribution in [0.25, 0.3) is 0 Å². The van der Waals surface area contributed by atoms with Gasteiger partial charge in [0.25, 0.3) is 0 Å². The van der Waals surface area contributed by atoms with Crippen LogP contribution in [0.1, 0.15) is 31.4 Å². The molecule has 5 heteroatoms. The molecule has 18 heavy (non-hydrogen) atoms. The van der Waals surface area contributed by atoms with Crippen LogP contribution in [-0.2, 0) is 0 Å². The van der Waals surface area contributed by atoms with Gasteiger partial charge in [-0.15, -0.1) is 0 Å². The van der Waals surface area contributed by atoms with E-state index in [0.29, 0.717) is 12.2 Å². The molecule has 1 N–H and O–H groups in total. The predicted octanol–water partition coefficient (Wildman–Crippen LogP) is 3.92. The van der Waals surface area contributed by atoms with E-state index in [2.05, 4.69) is 10.3 Å². The summed E-state index contributed by atoms with van der Waals surface area (Å²) < 4.78 is 38.0. The minimum atomic E-state index is -4.07. The smallest absolute Gasteiger partial charge is 0.367 e. The van der Waals surface area contributed by atoms with Gasteiger partial charge in [-0.05, 0) is 38.3 Å². The van der Waals surface area contributed by atoms with Gasteiger partial charge in [-0.2, -0.15) is 13.2 Å². The number of hydrogen-bond acceptors (Lipinski definition) is 2. The molecule has 0 radical (unpaired) electrons. The molecule has 2 rings (SSSR count). The molecule has 1 aliphatic carbocycles. The maximum Gasteiger partial charge on any atom is 0.391 e. The number of pyridine rings is 1. The van der Waals surface area contributed by atoms with Crippen LogP contribution in [0.5, 0.6) is 0 Å². The lowest BCUT2D eigenvalue weighted by Gasteiger charge is -2.31. The monoisotopic (exact) mass is 258 g/mol. The summed E-state index contributed by atoms with van der Waals surface area (Å²) in [4.78, 5) is 4.26. The summed E-state index contributed by atoms with van der Waals surface area (Å²) in [6, 6.07) is 5.39. The maximum atomic E-state index is 12.7. The summed E-state index contributed by atoms with van der Waals surface area (Å²) >= 11 is 0. The Hall–Kier alpha value is -1.26. The van der Waals surface area contributed by atoms with E-state index in [1.807, 2.05) is 19.1 Å². The number of nitrogens with zero attached hydrogens (tertiary/aromatic N) is 1. The van der Waals surface area contributed by atoms with Gasteiger partial charge in [0, 0.05) is 11.7 Å². The van der Waals surface area contributed by atoms with Gasteiger partial charge < -0.3 is 5.32 Å². The zero-order chi connectivity index (χ0) is 13.2. The average molecular weight is 258 g/mol. The number of hydrogen-bond donors (Lipinski definition) is 1. The normalized spacial score (nSPS) is 24.9. The van der Waals surface area contributed by atoms with Crippen LogP contribution in [0.4, 0.5) is 19.0 Å². The van der Waals surface area contributed by atoms with Crippen molar-refractivity contribution in [2.24, 2.45) is 5.92 Å². The zero-order valence-electron chi connectivity index (χ0n) is 10.3. The van der Waals surface area contributed by atoms with Crippen LogP contribution in [0.15, 0.2) is 18.2 Å². The van der Waals surface area contributed by atoms with E-state index in [9.17, 15) is 13.2 Å². The highest BCUT2D eigenvalue weighted by molar-refractivity contribution is 5.36. The first-order valence-corrected chi connectivity index (χ1v) is 6.22. The summed E-state index contributed by atoms with van der Waals surface area (Å²) in [7, 11) is 0. The van der Waals surface area contributed by atoms with Gasteiger partial charge in [0.15, 0.2) is 0 Å². The Bertz CT molecular complexity index is 403. The Morgan fingerprint density at radius 3 is 2.72 bits per heavy atom. The third-order valence-electron chi connectivity index (χ3n) is 3.38. The van der Waals surface area contributed by atoms with Crippen molar-refractivity contribution >= 4 is 5.82 Å². The summed E-state index contributed by atoms with van der Waals surface area (Å²) in [5, 5.41) is 3.11. The molecule has 1 saturated carbocycles. The molecule has 0 saturated heterocycles. The van der Waals surface area contributed by atoms with Crippen molar-refractivity contribution in [2.75, 3.05) is 5.32 Å². The second-order valence-corrected chi connectivity index (χ2v) is 4.91. The molecule has 2 nitrogen and oxygen atoms in total. The SMILES string of the molecule is Cc1cccc(NC2CCCC(C(F)(F)F)C2)n1. The Morgan fingerprint density at radius 1 is 1.28 bits per heavy atom. The van der Waals surface area contributed by atoms with E-state index >= 15 is 0 Å². The quantitative estimate of drug-likeness (QED) is 0.869. The fraction of sp³-hybridized carbons (Fsp3) is 0.615. The van der Waals surface area contributed by atoms with Gasteiger partial charge in [-0.1, -0.05) is 12.5 Å². The van der Waals surface area contributed by atoms with Gasteiger partial charge in [0.05, 0.1) is 5.92 Å². The molecule has 2 unspecified atom stereocenters. The first kappa shape index (κ1) is 13.2. The molecule has 0 bridgehead atoms. The van der Waals surface area contributed by atoms with Crippen LogP contribution in [0, 0.1) is 12.8 Å². The van der Waals surface area contributed by atoms with Gasteiger partial charge in [0.2, 0.25) is 0 Å². The number of aromatic nitrogens is 1. The molecular formula is C13H17F3N2. The summed E-state index contributed by atoms with van der Waals surface area (Å²) in [5.41, 5.74) is 0.864. The lowest BCUT2D eigenvalue weighted by molar-refractivity contribution is -0.182. The first-order valence-electron chi connectivity index (χ1n) is 6.22. The van der Waals surface area contributed by atoms with Gasteiger partial charge in [-0.25, -0.2) is 4.98 Å². The lowest BCUT2D eigenvalue weighted by Crippen LogP contribution is -2.34. The molecule has 0 amide bonds. The highest BCUT2D eigenvalue weighted by Crippen LogP contribution is 2.38. The Kier molecular flexibility index (Phi) is 3.78. The molecule has 1 fully saturated rings. The third-order valence-corrected chi connectivity index (χ3v) is 3.38. The second kappa shape index (κ2) is 5.16. The van der Waals surface area contributed by atoms with Crippen LogP contribution >= 0.6 is 0 Å². The van der Waals surface area contributed by atoms with E-state index in [-0.39, 0.29) is 18.9 Å². The molecule has 0 aliphatic heterocycles. The molecule has 1 aromatic heterocycles. The summed E-state index contributed by atoms with van der Waals surface area (Å²) in [5.74, 6) is -0.503.